The fourth-order valence-corrected chi connectivity index (χ4v) is 2.70. The van der Waals surface area contributed by atoms with E-state index in [1.54, 1.807) is 6.26 Å². The van der Waals surface area contributed by atoms with Crippen LogP contribution in [-0.2, 0) is 13.0 Å². The third kappa shape index (κ3) is 6.13. The lowest BCUT2D eigenvalue weighted by atomic mass is 10.2. The van der Waals surface area contributed by atoms with Gasteiger partial charge >= 0.3 is 0 Å². The molecule has 0 spiro atoms. The van der Waals surface area contributed by atoms with E-state index in [-0.39, 0.29) is 24.0 Å². The number of aromatic amines is 1. The molecule has 0 amide bonds. The molecule has 3 aromatic rings. The van der Waals surface area contributed by atoms with E-state index in [1.807, 2.05) is 43.6 Å². The highest BCUT2D eigenvalue weighted by Crippen LogP contribution is 2.16. The van der Waals surface area contributed by atoms with Crippen molar-refractivity contribution >= 4 is 29.9 Å². The lowest BCUT2D eigenvalue weighted by molar-refractivity contribution is 0.462. The SMILES string of the molecule is CCNC(=NCCc1ccco1)N(C)Cc1ncc(-c2ccccc2)[nH]1.I. The number of benzene rings is 1. The number of rotatable bonds is 7. The van der Waals surface area contributed by atoms with Crippen LogP contribution in [0.2, 0.25) is 0 Å². The van der Waals surface area contributed by atoms with Gasteiger partial charge in [0.2, 0.25) is 0 Å². The van der Waals surface area contributed by atoms with E-state index in [0.29, 0.717) is 13.1 Å². The average molecular weight is 479 g/mol. The van der Waals surface area contributed by atoms with Gasteiger partial charge in [-0.25, -0.2) is 4.98 Å². The van der Waals surface area contributed by atoms with Gasteiger partial charge < -0.3 is 19.6 Å². The van der Waals surface area contributed by atoms with Crippen LogP contribution in [0.1, 0.15) is 18.5 Å². The molecule has 0 aliphatic heterocycles. The molecule has 0 fully saturated rings. The highest BCUT2D eigenvalue weighted by atomic mass is 127. The topological polar surface area (TPSA) is 69.5 Å². The Labute approximate surface area is 177 Å². The largest absolute Gasteiger partial charge is 0.469 e. The second-order valence-corrected chi connectivity index (χ2v) is 6.03. The van der Waals surface area contributed by atoms with Crippen LogP contribution in [0.5, 0.6) is 0 Å². The van der Waals surface area contributed by atoms with Crippen molar-refractivity contribution in [1.82, 2.24) is 20.2 Å². The van der Waals surface area contributed by atoms with Crippen LogP contribution in [0.3, 0.4) is 0 Å². The molecule has 0 aliphatic rings. The zero-order valence-electron chi connectivity index (χ0n) is 15.7. The minimum atomic E-state index is 0. The average Bonchev–Trinajstić information content (AvgIpc) is 3.34. The van der Waals surface area contributed by atoms with Gasteiger partial charge in [0.05, 0.1) is 24.7 Å². The van der Waals surface area contributed by atoms with E-state index in [0.717, 1.165) is 41.8 Å². The predicted octanol–water partition coefficient (Wildman–Crippen LogP) is 3.93. The van der Waals surface area contributed by atoms with Crippen molar-refractivity contribution in [2.24, 2.45) is 4.99 Å². The normalized spacial score (nSPS) is 11.1. The monoisotopic (exact) mass is 479 g/mol. The molecule has 1 aromatic carbocycles. The first-order valence-corrected chi connectivity index (χ1v) is 8.87. The number of aliphatic imine (C=N–C) groups is 1. The summed E-state index contributed by atoms with van der Waals surface area (Å²) < 4.78 is 5.36. The standard InChI is InChI=1S/C20H25N5O.HI/c1-3-21-20(22-12-11-17-10-7-13-26-17)25(2)15-19-23-14-18(24-19)16-8-5-4-6-9-16;/h4-10,13-14H,3,11-12,15H2,1-2H3,(H,21,22)(H,23,24);1H. The maximum atomic E-state index is 5.36. The quantitative estimate of drug-likeness (QED) is 0.306. The van der Waals surface area contributed by atoms with Crippen molar-refractivity contribution in [2.45, 2.75) is 19.9 Å². The Kier molecular flexibility index (Phi) is 8.38. The molecule has 0 bridgehead atoms. The lowest BCUT2D eigenvalue weighted by Gasteiger charge is -2.21. The van der Waals surface area contributed by atoms with Gasteiger partial charge in [0.25, 0.3) is 0 Å². The fourth-order valence-electron chi connectivity index (χ4n) is 2.70. The summed E-state index contributed by atoms with van der Waals surface area (Å²) in [4.78, 5) is 14.6. The van der Waals surface area contributed by atoms with Crippen LogP contribution >= 0.6 is 24.0 Å². The molecule has 0 atom stereocenters. The van der Waals surface area contributed by atoms with Crippen LogP contribution in [0.25, 0.3) is 11.3 Å². The van der Waals surface area contributed by atoms with Gasteiger partial charge in [-0.3, -0.25) is 4.99 Å². The van der Waals surface area contributed by atoms with Gasteiger partial charge in [-0.1, -0.05) is 30.3 Å². The van der Waals surface area contributed by atoms with Gasteiger partial charge in [0.1, 0.15) is 11.6 Å². The third-order valence-electron chi connectivity index (χ3n) is 4.00. The van der Waals surface area contributed by atoms with Gasteiger partial charge in [0, 0.05) is 26.6 Å². The summed E-state index contributed by atoms with van der Waals surface area (Å²) in [6.45, 7) is 4.21. The minimum absolute atomic E-state index is 0. The number of hydrogen-bond acceptors (Lipinski definition) is 3. The Morgan fingerprint density at radius 2 is 2.04 bits per heavy atom. The lowest BCUT2D eigenvalue weighted by Crippen LogP contribution is -2.38. The number of aromatic nitrogens is 2. The van der Waals surface area contributed by atoms with Crippen molar-refractivity contribution < 1.29 is 4.42 Å². The summed E-state index contributed by atoms with van der Waals surface area (Å²) in [6.07, 6.45) is 4.35. The Morgan fingerprint density at radius 1 is 1.22 bits per heavy atom. The summed E-state index contributed by atoms with van der Waals surface area (Å²) in [5.74, 6) is 2.71. The summed E-state index contributed by atoms with van der Waals surface area (Å²) in [6, 6.07) is 14.1. The first-order valence-electron chi connectivity index (χ1n) is 8.87. The molecule has 2 heterocycles. The molecule has 0 aliphatic carbocycles. The number of hydrogen-bond donors (Lipinski definition) is 2. The Hall–Kier alpha value is -2.29. The molecule has 2 aromatic heterocycles. The van der Waals surface area contributed by atoms with E-state index >= 15 is 0 Å². The maximum Gasteiger partial charge on any atom is 0.194 e. The summed E-state index contributed by atoms with van der Waals surface area (Å²) in [7, 11) is 2.01. The van der Waals surface area contributed by atoms with Crippen LogP contribution in [-0.4, -0.2) is 41.0 Å². The molecule has 27 heavy (non-hydrogen) atoms. The fraction of sp³-hybridized carbons (Fsp3) is 0.300. The van der Waals surface area contributed by atoms with Crippen LogP contribution < -0.4 is 5.32 Å². The van der Waals surface area contributed by atoms with E-state index in [9.17, 15) is 0 Å². The summed E-state index contributed by atoms with van der Waals surface area (Å²) in [5.41, 5.74) is 2.15. The number of furan rings is 1. The smallest absolute Gasteiger partial charge is 0.194 e. The highest BCUT2D eigenvalue weighted by molar-refractivity contribution is 14.0. The van der Waals surface area contributed by atoms with Crippen molar-refractivity contribution in [3.8, 4) is 11.3 Å². The number of H-pyrrole nitrogens is 1. The van der Waals surface area contributed by atoms with Crippen LogP contribution in [0.15, 0.2) is 64.3 Å². The highest BCUT2D eigenvalue weighted by Gasteiger charge is 2.10. The number of nitrogens with zero attached hydrogens (tertiary/aromatic N) is 3. The summed E-state index contributed by atoms with van der Waals surface area (Å²) in [5, 5.41) is 3.32. The zero-order chi connectivity index (χ0) is 18.2. The number of imidazole rings is 1. The predicted molar refractivity (Wildman–Crippen MR) is 119 cm³/mol. The molecule has 144 valence electrons. The van der Waals surface area contributed by atoms with Gasteiger partial charge in [-0.15, -0.1) is 24.0 Å². The number of halogens is 1. The van der Waals surface area contributed by atoms with Crippen molar-refractivity contribution in [3.63, 3.8) is 0 Å². The molecule has 0 unspecified atom stereocenters. The van der Waals surface area contributed by atoms with Gasteiger partial charge in [-0.2, -0.15) is 0 Å². The molecule has 2 N–H and O–H groups in total. The molecular weight excluding hydrogens is 453 g/mol. The summed E-state index contributed by atoms with van der Waals surface area (Å²) >= 11 is 0. The Balaban J connectivity index is 0.00000261. The van der Waals surface area contributed by atoms with Crippen LogP contribution in [0, 0.1) is 0 Å². The minimum Gasteiger partial charge on any atom is -0.469 e. The zero-order valence-corrected chi connectivity index (χ0v) is 18.0. The first kappa shape index (κ1) is 21.0. The molecular formula is C20H26IN5O. The molecule has 6 nitrogen and oxygen atoms in total. The molecule has 0 saturated carbocycles. The van der Waals surface area contributed by atoms with Crippen molar-refractivity contribution in [2.75, 3.05) is 20.1 Å². The second-order valence-electron chi connectivity index (χ2n) is 6.03. The molecule has 3 rings (SSSR count). The van der Waals surface area contributed by atoms with Crippen molar-refractivity contribution in [3.05, 3.63) is 66.5 Å². The number of nitrogens with one attached hydrogen (secondary N) is 2. The first-order chi connectivity index (χ1) is 12.8. The molecule has 7 heteroatoms. The molecule has 0 saturated heterocycles. The Bertz CT molecular complexity index is 814. The third-order valence-corrected chi connectivity index (χ3v) is 4.00. The van der Waals surface area contributed by atoms with E-state index in [2.05, 4.69) is 44.2 Å². The Morgan fingerprint density at radius 3 is 2.74 bits per heavy atom. The van der Waals surface area contributed by atoms with Gasteiger partial charge in [0.15, 0.2) is 5.96 Å². The molecule has 0 radical (unpaired) electrons. The van der Waals surface area contributed by atoms with Gasteiger partial charge in [-0.05, 0) is 24.6 Å². The van der Waals surface area contributed by atoms with E-state index in [1.165, 1.54) is 0 Å². The second kappa shape index (κ2) is 10.8. The van der Waals surface area contributed by atoms with E-state index < -0.39 is 0 Å². The van der Waals surface area contributed by atoms with Crippen LogP contribution in [0.4, 0.5) is 0 Å². The van der Waals surface area contributed by atoms with Crippen molar-refractivity contribution in [1.29, 1.82) is 0 Å². The number of guanidine groups is 1. The maximum absolute atomic E-state index is 5.36. The van der Waals surface area contributed by atoms with E-state index in [4.69, 9.17) is 4.42 Å².